The third kappa shape index (κ3) is 6.94. The monoisotopic (exact) mass is 663 g/mol. The van der Waals surface area contributed by atoms with Gasteiger partial charge in [0.25, 0.3) is 5.56 Å². The summed E-state index contributed by atoms with van der Waals surface area (Å²) in [4.78, 5) is 70.0. The maximum Gasteiger partial charge on any atom is 0.408 e. The first-order valence-electron chi connectivity index (χ1n) is 15.7. The van der Waals surface area contributed by atoms with E-state index >= 15 is 0 Å². The maximum absolute atomic E-state index is 14.4. The van der Waals surface area contributed by atoms with E-state index in [-0.39, 0.29) is 29.7 Å². The summed E-state index contributed by atoms with van der Waals surface area (Å²) in [6.45, 7) is 14.3. The maximum atomic E-state index is 14.4. The van der Waals surface area contributed by atoms with Crippen molar-refractivity contribution in [3.63, 3.8) is 0 Å². The van der Waals surface area contributed by atoms with Crippen molar-refractivity contribution in [2.24, 2.45) is 0 Å². The Balaban J connectivity index is 1.59. The molecule has 47 heavy (non-hydrogen) atoms. The number of nitrogens with one attached hydrogen (secondary N) is 1. The van der Waals surface area contributed by atoms with E-state index in [2.05, 4.69) is 25.0 Å². The van der Waals surface area contributed by atoms with Crippen molar-refractivity contribution >= 4 is 43.0 Å². The molecular formula is C34H41N3O9Si. The zero-order valence-electron chi connectivity index (χ0n) is 28.1. The first kappa shape index (κ1) is 33.8. The fourth-order valence-corrected chi connectivity index (χ4v) is 7.08. The molecule has 2 unspecified atom stereocenters. The molecule has 0 saturated heterocycles. The van der Waals surface area contributed by atoms with Crippen molar-refractivity contribution in [1.29, 1.82) is 0 Å². The van der Waals surface area contributed by atoms with E-state index < -0.39 is 55.9 Å². The molecule has 12 nitrogen and oxygen atoms in total. The second kappa shape index (κ2) is 12.3. The highest BCUT2D eigenvalue weighted by atomic mass is 28.3. The number of amides is 1. The number of hydrogen-bond acceptors (Lipinski definition) is 10. The van der Waals surface area contributed by atoms with Crippen molar-refractivity contribution in [1.82, 2.24) is 14.9 Å². The van der Waals surface area contributed by atoms with Gasteiger partial charge in [-0.25, -0.2) is 14.6 Å². The number of fused-ring (bicyclic) bond motifs is 5. The number of pyridine rings is 2. The summed E-state index contributed by atoms with van der Waals surface area (Å²) in [6.07, 6.45) is -1.21. The summed E-state index contributed by atoms with van der Waals surface area (Å²) in [7, 11) is -1.61. The van der Waals surface area contributed by atoms with Crippen molar-refractivity contribution < 1.29 is 38.1 Å². The molecule has 1 aromatic carbocycles. The van der Waals surface area contributed by atoms with Crippen LogP contribution < -0.4 is 15.6 Å². The smallest absolute Gasteiger partial charge is 0.408 e. The molecule has 250 valence electrons. The molecule has 0 aliphatic carbocycles. The summed E-state index contributed by atoms with van der Waals surface area (Å²) >= 11 is 0. The van der Waals surface area contributed by atoms with E-state index in [4.69, 9.17) is 23.9 Å². The lowest BCUT2D eigenvalue weighted by Crippen LogP contribution is -2.50. The van der Waals surface area contributed by atoms with Gasteiger partial charge in [-0.2, -0.15) is 0 Å². The van der Waals surface area contributed by atoms with Gasteiger partial charge < -0.3 is 28.8 Å². The topological polar surface area (TPSA) is 152 Å². The first-order chi connectivity index (χ1) is 21.9. The molecule has 13 heteroatoms. The van der Waals surface area contributed by atoms with Crippen LogP contribution in [0.4, 0.5) is 4.79 Å². The Morgan fingerprint density at radius 1 is 1.13 bits per heavy atom. The highest BCUT2D eigenvalue weighted by Crippen LogP contribution is 2.45. The molecule has 5 rings (SSSR count). The minimum absolute atomic E-state index is 0.0163. The minimum atomic E-state index is -1.93. The Labute approximate surface area is 273 Å². The molecule has 3 aromatic rings. The number of carbonyl (C=O) groups is 4. The lowest BCUT2D eigenvalue weighted by atomic mass is 9.82. The lowest BCUT2D eigenvalue weighted by molar-refractivity contribution is -0.193. The van der Waals surface area contributed by atoms with Gasteiger partial charge >= 0.3 is 24.0 Å². The number of ether oxygens (including phenoxy) is 4. The van der Waals surface area contributed by atoms with Gasteiger partial charge in [-0.3, -0.25) is 14.4 Å². The number of esters is 3. The highest BCUT2D eigenvalue weighted by Gasteiger charge is 2.53. The quantitative estimate of drug-likeness (QED) is 0.113. The Morgan fingerprint density at radius 3 is 2.49 bits per heavy atom. The third-order valence-corrected chi connectivity index (χ3v) is 9.88. The van der Waals surface area contributed by atoms with Gasteiger partial charge in [-0.15, -0.1) is 0 Å². The average molecular weight is 664 g/mol. The molecule has 0 radical (unpaired) electrons. The van der Waals surface area contributed by atoms with Gasteiger partial charge in [0, 0.05) is 31.5 Å². The number of rotatable bonds is 8. The molecular weight excluding hydrogens is 622 g/mol. The predicted molar refractivity (Wildman–Crippen MR) is 176 cm³/mol. The van der Waals surface area contributed by atoms with Crippen LogP contribution in [-0.4, -0.2) is 53.8 Å². The molecule has 4 heterocycles. The molecule has 0 saturated carbocycles. The zero-order chi connectivity index (χ0) is 34.5. The van der Waals surface area contributed by atoms with Crippen LogP contribution in [0, 0.1) is 0 Å². The van der Waals surface area contributed by atoms with Gasteiger partial charge in [0.2, 0.25) is 5.60 Å². The number of alkyl carbamates (subject to hydrolysis) is 1. The van der Waals surface area contributed by atoms with Crippen LogP contribution in [-0.2, 0) is 40.7 Å². The molecule has 2 atom stereocenters. The summed E-state index contributed by atoms with van der Waals surface area (Å²) in [6, 6.07) is 9.50. The molecule has 1 N–H and O–H groups in total. The predicted octanol–water partition coefficient (Wildman–Crippen LogP) is 5.35. The largest absolute Gasteiger partial charge is 0.454 e. The number of aromatic nitrogens is 2. The average Bonchev–Trinajstić information content (AvgIpc) is 3.31. The van der Waals surface area contributed by atoms with Crippen molar-refractivity contribution in [2.45, 2.75) is 97.0 Å². The SMILES string of the molecule is CCC1(OC(=O)CNC(=O)OC(C)(C)C)C(=O)OC(CC[Si](C)(C)C)c2c1cc1n(c2=O)Cc2cc3cc(OC(C)=O)ccc3nc2-1. The van der Waals surface area contributed by atoms with Gasteiger partial charge in [-0.1, -0.05) is 32.6 Å². The highest BCUT2D eigenvalue weighted by molar-refractivity contribution is 6.76. The van der Waals surface area contributed by atoms with Crippen LogP contribution in [0.3, 0.4) is 0 Å². The second-order valence-electron chi connectivity index (χ2n) is 14.2. The van der Waals surface area contributed by atoms with Crippen LogP contribution >= 0.6 is 0 Å². The van der Waals surface area contributed by atoms with E-state index in [1.165, 1.54) is 6.92 Å². The number of hydrogen-bond donors (Lipinski definition) is 1. The lowest BCUT2D eigenvalue weighted by Gasteiger charge is -2.39. The van der Waals surface area contributed by atoms with E-state index in [9.17, 15) is 24.0 Å². The molecule has 1 amide bonds. The first-order valence-corrected chi connectivity index (χ1v) is 19.4. The Kier molecular flexibility index (Phi) is 8.82. The van der Waals surface area contributed by atoms with Crippen LogP contribution in [0.15, 0.2) is 35.1 Å². The van der Waals surface area contributed by atoms with Crippen molar-refractivity contribution in [2.75, 3.05) is 6.54 Å². The molecule has 2 aliphatic heterocycles. The van der Waals surface area contributed by atoms with Gasteiger partial charge in [0.1, 0.15) is 24.0 Å². The van der Waals surface area contributed by atoms with Gasteiger partial charge in [0.15, 0.2) is 0 Å². The molecule has 0 bridgehead atoms. The Bertz CT molecular complexity index is 1850. The summed E-state index contributed by atoms with van der Waals surface area (Å²) in [5.74, 6) is -1.73. The van der Waals surface area contributed by atoms with Crippen LogP contribution in [0.25, 0.3) is 22.3 Å². The molecule has 2 aromatic heterocycles. The fraction of sp³-hybridized carbons (Fsp3) is 0.471. The summed E-state index contributed by atoms with van der Waals surface area (Å²) < 4.78 is 23.9. The van der Waals surface area contributed by atoms with Crippen molar-refractivity contribution in [3.05, 3.63) is 57.4 Å². The normalized spacial score (nSPS) is 18.5. The van der Waals surface area contributed by atoms with Gasteiger partial charge in [0.05, 0.1) is 29.0 Å². The summed E-state index contributed by atoms with van der Waals surface area (Å²) in [5, 5.41) is 3.10. The number of cyclic esters (lactones) is 1. The van der Waals surface area contributed by atoms with E-state index in [1.807, 2.05) is 6.07 Å². The zero-order valence-corrected chi connectivity index (χ0v) is 29.1. The minimum Gasteiger partial charge on any atom is -0.454 e. The molecule has 0 spiro atoms. The van der Waals surface area contributed by atoms with E-state index in [0.717, 1.165) is 17.0 Å². The second-order valence-corrected chi connectivity index (χ2v) is 19.8. The van der Waals surface area contributed by atoms with E-state index in [1.54, 1.807) is 56.5 Å². The Morgan fingerprint density at radius 2 is 1.85 bits per heavy atom. The van der Waals surface area contributed by atoms with Crippen LogP contribution in [0.1, 0.15) is 70.3 Å². The van der Waals surface area contributed by atoms with Crippen LogP contribution in [0.5, 0.6) is 5.75 Å². The molecule has 0 fully saturated rings. The number of carbonyl (C=O) groups excluding carboxylic acids is 4. The Hall–Kier alpha value is -4.52. The fourth-order valence-electron chi connectivity index (χ4n) is 5.95. The van der Waals surface area contributed by atoms with Crippen LogP contribution in [0.2, 0.25) is 25.7 Å². The summed E-state index contributed by atoms with van der Waals surface area (Å²) in [5.41, 5.74) is -0.102. The van der Waals surface area contributed by atoms with Gasteiger partial charge in [-0.05, 0) is 63.9 Å². The standard InChI is InChI=1S/C34H41N3O9Si/c1-9-34(45-27(39)17-35-32(42)46-33(3,4)5)23-16-25-29-21(14-20-15-22(43-19(2)38)10-11-24(20)36-29)18-37(25)30(40)28(23)26(44-31(34)41)12-13-47(6,7)8/h10-11,14-16,26H,9,12-13,17-18H2,1-8H3,(H,35,42). The number of nitrogens with zero attached hydrogens (tertiary/aromatic N) is 2. The molecule has 2 aliphatic rings. The number of benzene rings is 1. The third-order valence-electron chi connectivity index (χ3n) is 8.09. The van der Waals surface area contributed by atoms with Crippen molar-refractivity contribution in [3.8, 4) is 17.1 Å². The van der Waals surface area contributed by atoms with E-state index in [0.29, 0.717) is 29.1 Å².